The maximum Gasteiger partial charge on any atom is 0.175 e. The lowest BCUT2D eigenvalue weighted by Gasteiger charge is -2.12. The predicted molar refractivity (Wildman–Crippen MR) is 72.2 cm³/mol. The Hall–Kier alpha value is -1.17. The molecule has 0 aromatic heterocycles. The van der Waals surface area contributed by atoms with E-state index in [-0.39, 0.29) is 4.90 Å². The van der Waals surface area contributed by atoms with E-state index >= 15 is 0 Å². The SMILES string of the molecule is C=C(C)CNCC(O)c1ccc(S(C)(=O)=O)cc1. The molecule has 1 rings (SSSR count). The molecule has 0 saturated carbocycles. The number of hydrogen-bond acceptors (Lipinski definition) is 4. The summed E-state index contributed by atoms with van der Waals surface area (Å²) >= 11 is 0. The molecule has 2 N–H and O–H groups in total. The summed E-state index contributed by atoms with van der Waals surface area (Å²) in [5.41, 5.74) is 1.69. The zero-order valence-electron chi connectivity index (χ0n) is 10.7. The Kier molecular flexibility index (Phi) is 5.07. The smallest absolute Gasteiger partial charge is 0.175 e. The molecule has 0 aliphatic rings. The van der Waals surface area contributed by atoms with Gasteiger partial charge in [-0.1, -0.05) is 24.3 Å². The molecule has 0 radical (unpaired) electrons. The highest BCUT2D eigenvalue weighted by molar-refractivity contribution is 7.90. The van der Waals surface area contributed by atoms with Crippen LogP contribution in [0.25, 0.3) is 0 Å². The summed E-state index contributed by atoms with van der Waals surface area (Å²) in [5.74, 6) is 0. The number of rotatable bonds is 6. The van der Waals surface area contributed by atoms with Gasteiger partial charge in [0.2, 0.25) is 0 Å². The van der Waals surface area contributed by atoms with Gasteiger partial charge in [0.15, 0.2) is 9.84 Å². The molecule has 0 aliphatic carbocycles. The van der Waals surface area contributed by atoms with Crippen LogP contribution in [0.5, 0.6) is 0 Å². The van der Waals surface area contributed by atoms with Crippen LogP contribution < -0.4 is 5.32 Å². The van der Waals surface area contributed by atoms with Gasteiger partial charge < -0.3 is 10.4 Å². The Labute approximate surface area is 108 Å². The molecule has 1 aromatic carbocycles. The zero-order chi connectivity index (χ0) is 13.8. The quantitative estimate of drug-likeness (QED) is 0.764. The van der Waals surface area contributed by atoms with Gasteiger partial charge in [-0.25, -0.2) is 8.42 Å². The maximum absolute atomic E-state index is 11.3. The Morgan fingerprint density at radius 1 is 1.39 bits per heavy atom. The topological polar surface area (TPSA) is 66.4 Å². The molecule has 0 heterocycles. The van der Waals surface area contributed by atoms with Crippen LogP contribution in [-0.4, -0.2) is 32.9 Å². The van der Waals surface area contributed by atoms with Crippen molar-refractivity contribution in [1.82, 2.24) is 5.32 Å². The van der Waals surface area contributed by atoms with Crippen LogP contribution >= 0.6 is 0 Å². The highest BCUT2D eigenvalue weighted by atomic mass is 32.2. The van der Waals surface area contributed by atoms with Crippen LogP contribution in [0.1, 0.15) is 18.6 Å². The molecule has 100 valence electrons. The van der Waals surface area contributed by atoms with Crippen LogP contribution in [0.3, 0.4) is 0 Å². The van der Waals surface area contributed by atoms with Crippen LogP contribution in [0.15, 0.2) is 41.3 Å². The third-order valence-corrected chi connectivity index (χ3v) is 3.59. The number of aliphatic hydroxyl groups excluding tert-OH is 1. The number of aliphatic hydroxyl groups is 1. The molecule has 0 bridgehead atoms. The van der Waals surface area contributed by atoms with Gasteiger partial charge in [0, 0.05) is 19.3 Å². The van der Waals surface area contributed by atoms with Crippen LogP contribution in [0, 0.1) is 0 Å². The van der Waals surface area contributed by atoms with Crippen molar-refractivity contribution >= 4 is 9.84 Å². The molecule has 0 fully saturated rings. The lowest BCUT2D eigenvalue weighted by atomic mass is 10.1. The minimum atomic E-state index is -3.18. The van der Waals surface area contributed by atoms with E-state index in [0.717, 1.165) is 11.8 Å². The van der Waals surface area contributed by atoms with Crippen molar-refractivity contribution < 1.29 is 13.5 Å². The monoisotopic (exact) mass is 269 g/mol. The van der Waals surface area contributed by atoms with Gasteiger partial charge in [0.05, 0.1) is 11.0 Å². The van der Waals surface area contributed by atoms with Crippen molar-refractivity contribution in [1.29, 1.82) is 0 Å². The first-order valence-corrected chi connectivity index (χ1v) is 7.53. The fraction of sp³-hybridized carbons (Fsp3) is 0.385. The van der Waals surface area contributed by atoms with Gasteiger partial charge in [-0.3, -0.25) is 0 Å². The van der Waals surface area contributed by atoms with Crippen molar-refractivity contribution in [2.24, 2.45) is 0 Å². The van der Waals surface area contributed by atoms with Crippen molar-refractivity contribution in [3.05, 3.63) is 42.0 Å². The molecule has 0 spiro atoms. The largest absolute Gasteiger partial charge is 0.387 e. The highest BCUT2D eigenvalue weighted by Gasteiger charge is 2.10. The fourth-order valence-corrected chi connectivity index (χ4v) is 2.11. The molecule has 0 amide bonds. The summed E-state index contributed by atoms with van der Waals surface area (Å²) in [5, 5.41) is 12.9. The van der Waals surface area contributed by atoms with E-state index in [4.69, 9.17) is 0 Å². The minimum absolute atomic E-state index is 0.258. The van der Waals surface area contributed by atoms with E-state index in [0.29, 0.717) is 18.7 Å². The summed E-state index contributed by atoms with van der Waals surface area (Å²) in [6, 6.07) is 6.27. The van der Waals surface area contributed by atoms with Crippen LogP contribution in [-0.2, 0) is 9.84 Å². The van der Waals surface area contributed by atoms with E-state index in [1.54, 1.807) is 12.1 Å². The number of nitrogens with one attached hydrogen (secondary N) is 1. The lowest BCUT2D eigenvalue weighted by molar-refractivity contribution is 0.176. The first-order valence-electron chi connectivity index (χ1n) is 5.64. The minimum Gasteiger partial charge on any atom is -0.387 e. The molecule has 1 atom stereocenters. The maximum atomic E-state index is 11.3. The first kappa shape index (κ1) is 14.9. The van der Waals surface area contributed by atoms with Gasteiger partial charge in [0.25, 0.3) is 0 Å². The van der Waals surface area contributed by atoms with E-state index in [9.17, 15) is 13.5 Å². The summed E-state index contributed by atoms with van der Waals surface area (Å²) in [4.78, 5) is 0.258. The second-order valence-corrected chi connectivity index (χ2v) is 6.46. The Bertz CT molecular complexity index is 506. The van der Waals surface area contributed by atoms with E-state index in [2.05, 4.69) is 11.9 Å². The molecular formula is C13H19NO3S. The number of benzene rings is 1. The molecule has 4 nitrogen and oxygen atoms in total. The number of sulfone groups is 1. The van der Waals surface area contributed by atoms with E-state index < -0.39 is 15.9 Å². The fourth-order valence-electron chi connectivity index (χ4n) is 1.48. The molecule has 5 heteroatoms. The molecule has 0 saturated heterocycles. The highest BCUT2D eigenvalue weighted by Crippen LogP contribution is 2.15. The first-order chi connectivity index (χ1) is 8.30. The van der Waals surface area contributed by atoms with Gasteiger partial charge in [-0.15, -0.1) is 0 Å². The van der Waals surface area contributed by atoms with Crippen molar-refractivity contribution in [2.45, 2.75) is 17.9 Å². The standard InChI is InChI=1S/C13H19NO3S/c1-10(2)8-14-9-13(15)11-4-6-12(7-5-11)18(3,16)17/h4-7,13-15H,1,8-9H2,2-3H3. The molecule has 18 heavy (non-hydrogen) atoms. The molecule has 1 aromatic rings. The predicted octanol–water partition coefficient (Wildman–Crippen LogP) is 1.29. The van der Waals surface area contributed by atoms with Crippen molar-refractivity contribution in [3.63, 3.8) is 0 Å². The second kappa shape index (κ2) is 6.13. The molecular weight excluding hydrogens is 250 g/mol. The summed E-state index contributed by atoms with van der Waals surface area (Å²) < 4.78 is 22.6. The zero-order valence-corrected chi connectivity index (χ0v) is 11.5. The van der Waals surface area contributed by atoms with Gasteiger partial charge in [-0.2, -0.15) is 0 Å². The Morgan fingerprint density at radius 3 is 2.39 bits per heavy atom. The third-order valence-electron chi connectivity index (χ3n) is 2.46. The van der Waals surface area contributed by atoms with Crippen LogP contribution in [0.4, 0.5) is 0 Å². The van der Waals surface area contributed by atoms with Gasteiger partial charge >= 0.3 is 0 Å². The van der Waals surface area contributed by atoms with Gasteiger partial charge in [-0.05, 0) is 24.6 Å². The van der Waals surface area contributed by atoms with Crippen LogP contribution in [0.2, 0.25) is 0 Å². The average molecular weight is 269 g/mol. The normalized spacial score (nSPS) is 13.3. The van der Waals surface area contributed by atoms with Gasteiger partial charge in [0.1, 0.15) is 0 Å². The summed E-state index contributed by atoms with van der Waals surface area (Å²) in [6.07, 6.45) is 0.505. The lowest BCUT2D eigenvalue weighted by Crippen LogP contribution is -2.22. The second-order valence-electron chi connectivity index (χ2n) is 4.45. The average Bonchev–Trinajstić information content (AvgIpc) is 2.27. The number of hydrogen-bond donors (Lipinski definition) is 2. The van der Waals surface area contributed by atoms with E-state index in [1.807, 2.05) is 6.92 Å². The van der Waals surface area contributed by atoms with Crippen molar-refractivity contribution in [3.8, 4) is 0 Å². The Morgan fingerprint density at radius 2 is 1.94 bits per heavy atom. The Balaban J connectivity index is 2.65. The molecule has 0 aliphatic heterocycles. The van der Waals surface area contributed by atoms with Crippen molar-refractivity contribution in [2.75, 3.05) is 19.3 Å². The summed E-state index contributed by atoms with van der Waals surface area (Å²) in [6.45, 7) is 6.71. The third kappa shape index (κ3) is 4.60. The molecule has 1 unspecified atom stereocenters. The van der Waals surface area contributed by atoms with E-state index in [1.165, 1.54) is 12.1 Å². The summed E-state index contributed by atoms with van der Waals surface area (Å²) in [7, 11) is -3.18.